The minimum atomic E-state index is -0.846. The molecule has 8 heteroatoms. The van der Waals surface area contributed by atoms with Crippen LogP contribution < -0.4 is 5.56 Å². The van der Waals surface area contributed by atoms with Gasteiger partial charge in [0.05, 0.1) is 11.7 Å². The molecular weight excluding hydrogens is 354 g/mol. The molecule has 1 fully saturated rings. The summed E-state index contributed by atoms with van der Waals surface area (Å²) in [5, 5.41) is 0.429. The minimum absolute atomic E-state index is 0.159. The van der Waals surface area contributed by atoms with E-state index in [-0.39, 0.29) is 11.5 Å². The van der Waals surface area contributed by atoms with Crippen molar-refractivity contribution in [1.29, 1.82) is 0 Å². The Kier molecular flexibility index (Phi) is 5.41. The molecule has 1 atom stereocenters. The van der Waals surface area contributed by atoms with E-state index >= 15 is 0 Å². The molecule has 0 saturated carbocycles. The van der Waals surface area contributed by atoms with E-state index in [1.165, 1.54) is 10.9 Å². The van der Waals surface area contributed by atoms with Gasteiger partial charge in [0.1, 0.15) is 9.71 Å². The van der Waals surface area contributed by atoms with E-state index < -0.39 is 12.1 Å². The van der Waals surface area contributed by atoms with Crippen LogP contribution in [0.3, 0.4) is 0 Å². The lowest BCUT2D eigenvalue weighted by atomic mass is 10.2. The second-order valence-electron chi connectivity index (χ2n) is 6.68. The van der Waals surface area contributed by atoms with Crippen molar-refractivity contribution >= 4 is 33.4 Å². The molecule has 1 aliphatic heterocycles. The third kappa shape index (κ3) is 3.51. The fraction of sp³-hybridized carbons (Fsp3) is 0.556. The topological polar surface area (TPSA) is 81.5 Å². The Labute approximate surface area is 155 Å². The maximum absolute atomic E-state index is 12.6. The van der Waals surface area contributed by atoms with Crippen LogP contribution in [0.15, 0.2) is 11.1 Å². The molecular formula is C18H23N3O4S. The number of hydrogen-bond acceptors (Lipinski definition) is 6. The number of fused-ring (bicyclic) bond motifs is 1. The summed E-state index contributed by atoms with van der Waals surface area (Å²) >= 11 is 1.12. The molecule has 1 amide bonds. The molecule has 1 aliphatic rings. The second-order valence-corrected chi connectivity index (χ2v) is 7.68. The lowest BCUT2D eigenvalue weighted by molar-refractivity contribution is -0.139. The highest BCUT2D eigenvalue weighted by Gasteiger charge is 2.27. The van der Waals surface area contributed by atoms with Gasteiger partial charge in [-0.15, -0.1) is 11.3 Å². The number of carbonyl (C=O) groups excluding carboxylic acids is 2. The normalized spacial score (nSPS) is 16.3. The molecule has 2 aromatic rings. The van der Waals surface area contributed by atoms with Crippen LogP contribution in [0.2, 0.25) is 0 Å². The highest BCUT2D eigenvalue weighted by atomic mass is 32.1. The van der Waals surface area contributed by atoms with Gasteiger partial charge in [-0.1, -0.05) is 12.8 Å². The summed E-state index contributed by atoms with van der Waals surface area (Å²) in [6, 6.07) is 0. The number of ether oxygens (including phenoxy) is 1. The van der Waals surface area contributed by atoms with E-state index in [9.17, 15) is 14.4 Å². The molecule has 0 N–H and O–H groups in total. The minimum Gasteiger partial charge on any atom is -0.448 e. The molecule has 140 valence electrons. The van der Waals surface area contributed by atoms with Gasteiger partial charge in [0.2, 0.25) is 0 Å². The van der Waals surface area contributed by atoms with E-state index in [0.29, 0.717) is 33.7 Å². The first-order chi connectivity index (χ1) is 12.4. The smallest absolute Gasteiger partial charge is 0.349 e. The van der Waals surface area contributed by atoms with Gasteiger partial charge in [0, 0.05) is 20.1 Å². The molecule has 0 radical (unpaired) electrons. The number of thiophene rings is 1. The third-order valence-corrected chi connectivity index (χ3v) is 5.93. The predicted octanol–water partition coefficient (Wildman–Crippen LogP) is 2.25. The Morgan fingerprint density at radius 3 is 2.54 bits per heavy atom. The number of hydrogen-bond donors (Lipinski definition) is 0. The molecule has 26 heavy (non-hydrogen) atoms. The highest BCUT2D eigenvalue weighted by Crippen LogP contribution is 2.27. The number of carbonyl (C=O) groups is 2. The molecule has 0 aromatic carbocycles. The summed E-state index contributed by atoms with van der Waals surface area (Å²) in [6.45, 7) is 4.73. The van der Waals surface area contributed by atoms with Crippen LogP contribution in [0, 0.1) is 6.92 Å². The zero-order chi connectivity index (χ0) is 18.8. The average Bonchev–Trinajstić information content (AvgIpc) is 2.79. The van der Waals surface area contributed by atoms with Gasteiger partial charge in [-0.05, 0) is 32.3 Å². The molecule has 0 bridgehead atoms. The number of rotatable bonds is 3. The van der Waals surface area contributed by atoms with Crippen LogP contribution in [0.1, 0.15) is 47.8 Å². The maximum atomic E-state index is 12.6. The standard InChI is InChI=1S/C18H23N3O4S/c1-11-13-15(19-10-20(3)17(13)23)26-14(11)18(24)25-12(2)16(22)21-8-6-4-5-7-9-21/h10,12H,4-9H2,1-3H3. The summed E-state index contributed by atoms with van der Waals surface area (Å²) in [5.74, 6) is -0.740. The molecule has 0 spiro atoms. The first-order valence-electron chi connectivity index (χ1n) is 8.84. The zero-order valence-corrected chi connectivity index (χ0v) is 16.1. The number of likely N-dealkylation sites (tertiary alicyclic amines) is 1. The van der Waals surface area contributed by atoms with Crippen LogP contribution >= 0.6 is 11.3 Å². The van der Waals surface area contributed by atoms with Crippen LogP contribution in [0.25, 0.3) is 10.2 Å². The molecule has 7 nitrogen and oxygen atoms in total. The fourth-order valence-electron chi connectivity index (χ4n) is 3.22. The van der Waals surface area contributed by atoms with Crippen molar-refractivity contribution in [1.82, 2.24) is 14.5 Å². The van der Waals surface area contributed by atoms with Gasteiger partial charge < -0.3 is 14.2 Å². The third-order valence-electron chi connectivity index (χ3n) is 4.75. The first-order valence-corrected chi connectivity index (χ1v) is 9.66. The van der Waals surface area contributed by atoms with E-state index in [4.69, 9.17) is 4.74 Å². The van der Waals surface area contributed by atoms with Crippen molar-refractivity contribution in [3.05, 3.63) is 27.1 Å². The second kappa shape index (κ2) is 7.57. The Morgan fingerprint density at radius 2 is 1.88 bits per heavy atom. The number of esters is 1. The summed E-state index contributed by atoms with van der Waals surface area (Å²) < 4.78 is 6.79. The number of aromatic nitrogens is 2. The summed E-state index contributed by atoms with van der Waals surface area (Å²) in [4.78, 5) is 44.2. The van der Waals surface area contributed by atoms with E-state index in [1.807, 2.05) is 0 Å². The van der Waals surface area contributed by atoms with Crippen molar-refractivity contribution in [3.63, 3.8) is 0 Å². The van der Waals surface area contributed by atoms with Crippen molar-refractivity contribution in [2.24, 2.45) is 7.05 Å². The van der Waals surface area contributed by atoms with Gasteiger partial charge in [-0.25, -0.2) is 9.78 Å². The van der Waals surface area contributed by atoms with Gasteiger partial charge in [0.15, 0.2) is 6.10 Å². The molecule has 1 saturated heterocycles. The number of amides is 1. The fourth-order valence-corrected chi connectivity index (χ4v) is 4.24. The molecule has 0 aliphatic carbocycles. The zero-order valence-electron chi connectivity index (χ0n) is 15.3. The van der Waals surface area contributed by atoms with Crippen molar-refractivity contribution in [2.75, 3.05) is 13.1 Å². The van der Waals surface area contributed by atoms with Gasteiger partial charge in [0.25, 0.3) is 11.5 Å². The summed E-state index contributed by atoms with van der Waals surface area (Å²) in [6.07, 6.45) is 4.80. The maximum Gasteiger partial charge on any atom is 0.349 e. The van der Waals surface area contributed by atoms with Gasteiger partial charge in [-0.2, -0.15) is 0 Å². The molecule has 2 aromatic heterocycles. The van der Waals surface area contributed by atoms with E-state index in [1.54, 1.807) is 25.8 Å². The lowest BCUT2D eigenvalue weighted by Gasteiger charge is -2.23. The van der Waals surface area contributed by atoms with E-state index in [2.05, 4.69) is 4.98 Å². The van der Waals surface area contributed by atoms with Crippen LogP contribution in [-0.4, -0.2) is 45.5 Å². The summed E-state index contributed by atoms with van der Waals surface area (Å²) in [5.41, 5.74) is 0.356. The van der Waals surface area contributed by atoms with Gasteiger partial charge >= 0.3 is 5.97 Å². The van der Waals surface area contributed by atoms with Crippen molar-refractivity contribution in [2.45, 2.75) is 45.6 Å². The molecule has 3 rings (SSSR count). The molecule has 3 heterocycles. The van der Waals surface area contributed by atoms with Crippen LogP contribution in [-0.2, 0) is 16.6 Å². The highest BCUT2D eigenvalue weighted by molar-refractivity contribution is 7.20. The molecule has 1 unspecified atom stereocenters. The SMILES string of the molecule is Cc1c(C(=O)OC(C)C(=O)N2CCCCCC2)sc2ncn(C)c(=O)c12. The van der Waals surface area contributed by atoms with Crippen LogP contribution in [0.5, 0.6) is 0 Å². The number of nitrogens with zero attached hydrogens (tertiary/aromatic N) is 3. The lowest BCUT2D eigenvalue weighted by Crippen LogP contribution is -2.40. The first kappa shape index (κ1) is 18.6. The Bertz CT molecular complexity index is 894. The van der Waals surface area contributed by atoms with Crippen molar-refractivity contribution < 1.29 is 14.3 Å². The van der Waals surface area contributed by atoms with Crippen LogP contribution in [0.4, 0.5) is 0 Å². The largest absolute Gasteiger partial charge is 0.448 e. The predicted molar refractivity (Wildman–Crippen MR) is 99.5 cm³/mol. The van der Waals surface area contributed by atoms with Crippen molar-refractivity contribution in [3.8, 4) is 0 Å². The Hall–Kier alpha value is -2.22. The Morgan fingerprint density at radius 1 is 1.23 bits per heavy atom. The number of aryl methyl sites for hydroxylation is 2. The average molecular weight is 377 g/mol. The van der Waals surface area contributed by atoms with E-state index in [0.717, 1.165) is 37.0 Å². The quantitative estimate of drug-likeness (QED) is 0.767. The summed E-state index contributed by atoms with van der Waals surface area (Å²) in [7, 11) is 1.62. The monoisotopic (exact) mass is 377 g/mol. The Balaban J connectivity index is 1.78. The van der Waals surface area contributed by atoms with Gasteiger partial charge in [-0.3, -0.25) is 9.59 Å².